The molecule has 0 radical (unpaired) electrons. The van der Waals surface area contributed by atoms with Crippen molar-refractivity contribution in [3.8, 4) is 0 Å². The molecule has 100 valence electrons. The average molecular weight is 339 g/mol. The van der Waals surface area contributed by atoms with Gasteiger partial charge in [0.05, 0.1) is 10.2 Å². The zero-order valence-electron chi connectivity index (χ0n) is 8.95. The van der Waals surface area contributed by atoms with E-state index in [2.05, 4.69) is 26.2 Å². The molecule has 0 aliphatic carbocycles. The molecule has 19 heavy (non-hydrogen) atoms. The molecule has 0 unspecified atom stereocenters. The standard InChI is InChI=1S/C11H4BrF5N2/c12-4-3-18-2-1-5(4)19-11-9(16)7(14)6(13)8(15)10(11)17/h1-3H,(H,18,19). The molecule has 2 nitrogen and oxygen atoms in total. The molecule has 2 aromatic rings. The van der Waals surface area contributed by atoms with Gasteiger partial charge in [-0.2, -0.15) is 0 Å². The first kappa shape index (κ1) is 13.7. The fourth-order valence-corrected chi connectivity index (χ4v) is 1.68. The molecular formula is C11H4BrF5N2. The molecule has 0 saturated carbocycles. The number of benzene rings is 1. The van der Waals surface area contributed by atoms with Crippen molar-refractivity contribution in [2.75, 3.05) is 5.32 Å². The van der Waals surface area contributed by atoms with Gasteiger partial charge >= 0.3 is 0 Å². The molecule has 0 bridgehead atoms. The number of aromatic nitrogens is 1. The summed E-state index contributed by atoms with van der Waals surface area (Å²) in [5.41, 5.74) is -1.01. The van der Waals surface area contributed by atoms with Crippen molar-refractivity contribution < 1.29 is 22.0 Å². The third kappa shape index (κ3) is 2.40. The molecule has 0 atom stereocenters. The van der Waals surface area contributed by atoms with E-state index >= 15 is 0 Å². The Hall–Kier alpha value is -1.70. The van der Waals surface area contributed by atoms with Gasteiger partial charge in [-0.3, -0.25) is 4.98 Å². The fraction of sp³-hybridized carbons (Fsp3) is 0. The molecule has 0 amide bonds. The number of halogens is 6. The normalized spacial score (nSPS) is 10.6. The zero-order valence-corrected chi connectivity index (χ0v) is 10.5. The van der Waals surface area contributed by atoms with Crippen LogP contribution in [0, 0.1) is 29.1 Å². The van der Waals surface area contributed by atoms with Crippen molar-refractivity contribution in [3.63, 3.8) is 0 Å². The first-order chi connectivity index (χ1) is 8.93. The molecule has 0 aliphatic rings. The van der Waals surface area contributed by atoms with Crippen LogP contribution < -0.4 is 5.32 Å². The molecule has 0 aliphatic heterocycles. The summed E-state index contributed by atoms with van der Waals surface area (Å²) in [5.74, 6) is -10.1. The van der Waals surface area contributed by atoms with Gasteiger partial charge in [0, 0.05) is 12.4 Å². The van der Waals surface area contributed by atoms with Gasteiger partial charge in [-0.15, -0.1) is 0 Å². The van der Waals surface area contributed by atoms with E-state index in [0.717, 1.165) is 0 Å². The van der Waals surface area contributed by atoms with E-state index < -0.39 is 34.8 Å². The molecule has 2 rings (SSSR count). The highest BCUT2D eigenvalue weighted by Crippen LogP contribution is 2.31. The van der Waals surface area contributed by atoms with Crippen LogP contribution in [0.4, 0.5) is 33.3 Å². The van der Waals surface area contributed by atoms with Crippen molar-refractivity contribution in [1.29, 1.82) is 0 Å². The summed E-state index contributed by atoms with van der Waals surface area (Å²) < 4.78 is 65.9. The van der Waals surface area contributed by atoms with E-state index in [1.807, 2.05) is 0 Å². The topological polar surface area (TPSA) is 24.9 Å². The molecule has 1 N–H and O–H groups in total. The van der Waals surface area contributed by atoms with Gasteiger partial charge in [0.2, 0.25) is 5.82 Å². The Bertz CT molecular complexity index is 618. The van der Waals surface area contributed by atoms with Crippen LogP contribution >= 0.6 is 15.9 Å². The highest BCUT2D eigenvalue weighted by Gasteiger charge is 2.26. The summed E-state index contributed by atoms with van der Waals surface area (Å²) in [6.07, 6.45) is 2.59. The van der Waals surface area contributed by atoms with E-state index in [1.165, 1.54) is 18.5 Å². The predicted octanol–water partition coefficient (Wildman–Crippen LogP) is 4.28. The molecular weight excluding hydrogens is 335 g/mol. The van der Waals surface area contributed by atoms with Crippen molar-refractivity contribution in [3.05, 3.63) is 52.0 Å². The highest BCUT2D eigenvalue weighted by molar-refractivity contribution is 9.10. The third-order valence-corrected chi connectivity index (χ3v) is 2.87. The summed E-state index contributed by atoms with van der Waals surface area (Å²) in [6.45, 7) is 0. The minimum Gasteiger partial charge on any atom is -0.350 e. The lowest BCUT2D eigenvalue weighted by Crippen LogP contribution is -2.07. The van der Waals surface area contributed by atoms with Gasteiger partial charge in [0.25, 0.3) is 0 Å². The number of anilines is 2. The Morgan fingerprint density at radius 1 is 0.895 bits per heavy atom. The Labute approximate surface area is 112 Å². The summed E-state index contributed by atoms with van der Waals surface area (Å²) >= 11 is 3.02. The summed E-state index contributed by atoms with van der Waals surface area (Å²) in [6, 6.07) is 1.31. The summed E-state index contributed by atoms with van der Waals surface area (Å²) in [7, 11) is 0. The number of rotatable bonds is 2. The van der Waals surface area contributed by atoms with Crippen LogP contribution in [0.25, 0.3) is 0 Å². The molecule has 0 fully saturated rings. The molecule has 1 heterocycles. The van der Waals surface area contributed by atoms with Crippen LogP contribution in [0.1, 0.15) is 0 Å². The highest BCUT2D eigenvalue weighted by atomic mass is 79.9. The van der Waals surface area contributed by atoms with Crippen molar-refractivity contribution in [2.45, 2.75) is 0 Å². The maximum atomic E-state index is 13.4. The van der Waals surface area contributed by atoms with Crippen LogP contribution in [0.5, 0.6) is 0 Å². The number of pyridine rings is 1. The maximum absolute atomic E-state index is 13.4. The van der Waals surface area contributed by atoms with Crippen LogP contribution in [0.15, 0.2) is 22.9 Å². The number of nitrogens with zero attached hydrogens (tertiary/aromatic N) is 1. The Kier molecular flexibility index (Phi) is 3.70. The maximum Gasteiger partial charge on any atom is 0.200 e. The van der Waals surface area contributed by atoms with Crippen LogP contribution in [-0.4, -0.2) is 4.98 Å². The largest absolute Gasteiger partial charge is 0.350 e. The molecule has 8 heteroatoms. The smallest absolute Gasteiger partial charge is 0.200 e. The third-order valence-electron chi connectivity index (χ3n) is 2.24. The summed E-state index contributed by atoms with van der Waals surface area (Å²) in [5, 5.41) is 2.13. The van der Waals surface area contributed by atoms with Gasteiger partial charge in [-0.05, 0) is 22.0 Å². The van der Waals surface area contributed by atoms with Crippen LogP contribution in [0.3, 0.4) is 0 Å². The Morgan fingerprint density at radius 2 is 1.42 bits per heavy atom. The minimum absolute atomic E-state index is 0.109. The first-order valence-corrected chi connectivity index (χ1v) is 5.60. The minimum atomic E-state index is -2.20. The predicted molar refractivity (Wildman–Crippen MR) is 61.5 cm³/mol. The van der Waals surface area contributed by atoms with E-state index in [0.29, 0.717) is 4.47 Å². The lowest BCUT2D eigenvalue weighted by Gasteiger charge is -2.11. The second-order valence-electron chi connectivity index (χ2n) is 3.43. The van der Waals surface area contributed by atoms with E-state index in [-0.39, 0.29) is 5.69 Å². The second-order valence-corrected chi connectivity index (χ2v) is 4.28. The van der Waals surface area contributed by atoms with Crippen molar-refractivity contribution in [1.82, 2.24) is 4.98 Å². The van der Waals surface area contributed by atoms with Gasteiger partial charge in [-0.25, -0.2) is 22.0 Å². The van der Waals surface area contributed by atoms with Gasteiger partial charge < -0.3 is 5.32 Å². The van der Waals surface area contributed by atoms with E-state index in [9.17, 15) is 22.0 Å². The number of nitrogens with one attached hydrogen (secondary N) is 1. The first-order valence-electron chi connectivity index (χ1n) is 4.81. The second kappa shape index (κ2) is 5.12. The van der Waals surface area contributed by atoms with Gasteiger partial charge in [-0.1, -0.05) is 0 Å². The summed E-state index contributed by atoms with van der Waals surface area (Å²) in [4.78, 5) is 3.70. The average Bonchev–Trinajstić information content (AvgIpc) is 2.41. The number of hydrogen-bond donors (Lipinski definition) is 1. The van der Waals surface area contributed by atoms with Crippen molar-refractivity contribution >= 4 is 27.3 Å². The monoisotopic (exact) mass is 338 g/mol. The molecule has 1 aromatic carbocycles. The van der Waals surface area contributed by atoms with E-state index in [4.69, 9.17) is 0 Å². The number of hydrogen-bond acceptors (Lipinski definition) is 2. The van der Waals surface area contributed by atoms with E-state index in [1.54, 1.807) is 0 Å². The molecule has 0 spiro atoms. The van der Waals surface area contributed by atoms with Gasteiger partial charge in [0.1, 0.15) is 5.69 Å². The van der Waals surface area contributed by atoms with Crippen LogP contribution in [0.2, 0.25) is 0 Å². The lowest BCUT2D eigenvalue weighted by atomic mass is 10.2. The van der Waals surface area contributed by atoms with Crippen molar-refractivity contribution in [2.24, 2.45) is 0 Å². The van der Waals surface area contributed by atoms with Crippen LogP contribution in [-0.2, 0) is 0 Å². The Morgan fingerprint density at radius 3 is 1.95 bits per heavy atom. The Balaban J connectivity index is 2.56. The molecule has 0 saturated heterocycles. The fourth-order valence-electron chi connectivity index (χ4n) is 1.33. The zero-order chi connectivity index (χ0) is 14.2. The quantitative estimate of drug-likeness (QED) is 0.502. The SMILES string of the molecule is Fc1c(F)c(F)c(Nc2ccncc2Br)c(F)c1F. The lowest BCUT2D eigenvalue weighted by molar-refractivity contribution is 0.382. The van der Waals surface area contributed by atoms with Gasteiger partial charge in [0.15, 0.2) is 23.3 Å². The molecule has 1 aromatic heterocycles.